The summed E-state index contributed by atoms with van der Waals surface area (Å²) in [5, 5.41) is 77.9. The van der Waals surface area contributed by atoms with Crippen molar-refractivity contribution in [2.24, 2.45) is 0 Å². The van der Waals surface area contributed by atoms with Gasteiger partial charge in [0.05, 0.1) is 11.9 Å². The number of carboxylic acid groups (broad SMARTS) is 6. The van der Waals surface area contributed by atoms with Gasteiger partial charge in [-0.3, -0.25) is 0 Å². The van der Waals surface area contributed by atoms with Gasteiger partial charge in [0.1, 0.15) is 11.2 Å². The van der Waals surface area contributed by atoms with Crippen molar-refractivity contribution < 1.29 is 89.6 Å². The molecule has 0 heterocycles. The standard InChI is InChI=1S/2C6H8O7.5Ca.ClH.FH.2H/c2*7-3(8)1-6(13,5(11)12)2-4(9)10;;;;;;;;;/h2*13H,1-2H2,(H,7,8)(H,9,10)(H,11,12);;;;;;2*1H;;/q;;5*+2;;;2*-1/p-8. The first kappa shape index (κ1) is 60.7. The predicted octanol–water partition coefficient (Wildman–Crippen LogP) is -18.2. The van der Waals surface area contributed by atoms with Crippen LogP contribution in [0.2, 0.25) is 0 Å². The van der Waals surface area contributed by atoms with Gasteiger partial charge < -0.3 is 89.6 Å². The number of halogens is 2. The maximum absolute atomic E-state index is 10.1. The average molecular weight is 635 g/mol. The van der Waals surface area contributed by atoms with E-state index in [1.54, 1.807) is 0 Å². The summed E-state index contributed by atoms with van der Waals surface area (Å²) in [6.07, 6.45) is -5.43. The van der Waals surface area contributed by atoms with Gasteiger partial charge in [-0.2, -0.15) is 0 Å². The van der Waals surface area contributed by atoms with Crippen LogP contribution < -0.4 is 47.8 Å². The van der Waals surface area contributed by atoms with Gasteiger partial charge in [0.15, 0.2) is 0 Å². The van der Waals surface area contributed by atoms with E-state index in [4.69, 9.17) is 10.2 Å². The second-order valence-electron chi connectivity index (χ2n) is 4.83. The van der Waals surface area contributed by atoms with Gasteiger partial charge in [-0.15, -0.1) is 0 Å². The first-order valence-electron chi connectivity index (χ1n) is 6.23. The Morgan fingerprint density at radius 3 is 0.697 bits per heavy atom. The molecule has 0 aromatic rings. The Bertz CT molecular complexity index is 550. The third-order valence-corrected chi connectivity index (χ3v) is 2.51. The normalized spacial score (nSPS) is 8.55. The summed E-state index contributed by atoms with van der Waals surface area (Å²) in [6, 6.07) is 0. The van der Waals surface area contributed by atoms with Crippen LogP contribution >= 0.6 is 0 Å². The van der Waals surface area contributed by atoms with E-state index in [-0.39, 0.29) is 209 Å². The van der Waals surface area contributed by atoms with Gasteiger partial charge in [-0.1, -0.05) is 0 Å². The zero-order chi connectivity index (χ0) is 21.3. The first-order valence-corrected chi connectivity index (χ1v) is 6.23. The van der Waals surface area contributed by atoms with Crippen molar-refractivity contribution in [1.29, 1.82) is 0 Å². The van der Waals surface area contributed by atoms with E-state index >= 15 is 0 Å². The Balaban J connectivity index is -0.0000000291. The van der Waals surface area contributed by atoms with E-state index in [1.807, 2.05) is 0 Å². The van der Waals surface area contributed by atoms with Crippen molar-refractivity contribution in [2.45, 2.75) is 36.9 Å². The molecule has 0 unspecified atom stereocenters. The molecule has 168 valence electrons. The van der Waals surface area contributed by atoms with Crippen LogP contribution in [-0.4, -0.2) is 246 Å². The Morgan fingerprint density at radius 1 is 0.515 bits per heavy atom. The zero-order valence-electron chi connectivity index (χ0n) is 18.9. The number of carbonyl (C=O) groups is 6. The molecule has 0 spiro atoms. The minimum absolute atomic E-state index is 0. The van der Waals surface area contributed by atoms with Gasteiger partial charge in [-0.25, -0.2) is 0 Å². The van der Waals surface area contributed by atoms with Crippen LogP contribution in [0.3, 0.4) is 0 Å². The van der Waals surface area contributed by atoms with Crippen molar-refractivity contribution in [3.05, 3.63) is 0 Å². The second-order valence-corrected chi connectivity index (χ2v) is 4.83. The maximum atomic E-state index is 10.1. The third kappa shape index (κ3) is 31.4. The number of hydrogen-bond donors (Lipinski definition) is 2. The van der Waals surface area contributed by atoms with Gasteiger partial charge in [-0.05, 0) is 0 Å². The zero-order valence-corrected chi connectivity index (χ0v) is 28.7. The summed E-state index contributed by atoms with van der Waals surface area (Å²) in [5.74, 6) is -12.0. The average Bonchev–Trinajstić information content (AvgIpc) is 2.34. The Labute approximate surface area is 344 Å². The number of hydrogen-bond acceptors (Lipinski definition) is 14. The molecule has 0 radical (unpaired) electrons. The van der Waals surface area contributed by atoms with E-state index in [9.17, 15) is 59.4 Å². The number of carbonyl (C=O) groups excluding carboxylic acids is 6. The van der Waals surface area contributed by atoms with Gasteiger partial charge in [0.25, 0.3) is 0 Å². The topological polar surface area (TPSA) is 281 Å². The van der Waals surface area contributed by atoms with Crippen molar-refractivity contribution in [1.82, 2.24) is 0 Å². The third-order valence-electron chi connectivity index (χ3n) is 2.51. The molecule has 0 amide bonds. The predicted molar refractivity (Wildman–Crippen MR) is 89.4 cm³/mol. The molecule has 0 aliphatic heterocycles. The largest absolute Gasteiger partial charge is 2.00 e. The molecule has 0 aliphatic carbocycles. The van der Waals surface area contributed by atoms with E-state index in [0.717, 1.165) is 0 Å². The number of carboxylic acids is 6. The van der Waals surface area contributed by atoms with Crippen molar-refractivity contribution in [3.63, 3.8) is 0 Å². The SMILES string of the molecule is O=C([O-])CC(O)(CC(=O)[O-])C(=O)[O-].O=C([O-])CC(O)(CC(=O)[O-])C(=O)[O-].[Ca+2].[Ca+2].[Ca+2].[Ca+2].[Ca+2].[Cl-].[F-].[H-].[H-]. The summed E-state index contributed by atoms with van der Waals surface area (Å²) >= 11 is 0. The summed E-state index contributed by atoms with van der Waals surface area (Å²) < 4.78 is 0. The molecule has 0 bridgehead atoms. The smallest absolute Gasteiger partial charge is 1.00 e. The molecule has 0 aromatic heterocycles. The maximum Gasteiger partial charge on any atom is 2.00 e. The molecule has 21 heteroatoms. The van der Waals surface area contributed by atoms with E-state index in [0.29, 0.717) is 0 Å². The van der Waals surface area contributed by atoms with Gasteiger partial charge >= 0.3 is 189 Å². The van der Waals surface area contributed by atoms with Crippen LogP contribution in [0.1, 0.15) is 28.5 Å². The van der Waals surface area contributed by atoms with Gasteiger partial charge in [0.2, 0.25) is 0 Å². The second kappa shape index (κ2) is 29.8. The molecule has 0 rings (SSSR count). The Morgan fingerprint density at radius 2 is 0.636 bits per heavy atom. The summed E-state index contributed by atoms with van der Waals surface area (Å²) in [6.45, 7) is 0. The van der Waals surface area contributed by atoms with Crippen LogP contribution in [0.15, 0.2) is 0 Å². The quantitative estimate of drug-likeness (QED) is 0.211. The first-order chi connectivity index (χ1) is 11.6. The molecule has 33 heavy (non-hydrogen) atoms. The summed E-state index contributed by atoms with van der Waals surface area (Å²) in [4.78, 5) is 60.0. The van der Waals surface area contributed by atoms with E-state index in [2.05, 4.69) is 0 Å². The fourth-order valence-corrected chi connectivity index (χ4v) is 1.37. The molecule has 0 saturated heterocycles. The van der Waals surface area contributed by atoms with Crippen LogP contribution in [0.4, 0.5) is 0 Å². The molecular formula is C12H12Ca5ClFO14. The van der Waals surface area contributed by atoms with Crippen LogP contribution in [0.25, 0.3) is 0 Å². The fourth-order valence-electron chi connectivity index (χ4n) is 1.37. The van der Waals surface area contributed by atoms with E-state index < -0.39 is 72.7 Å². The molecule has 14 nitrogen and oxygen atoms in total. The monoisotopic (exact) mass is 634 g/mol. The summed E-state index contributed by atoms with van der Waals surface area (Å²) in [5.41, 5.74) is -5.95. The fraction of sp³-hybridized carbons (Fsp3) is 0.500. The number of aliphatic carboxylic acids is 6. The Kier molecular flexibility index (Phi) is 54.8. The van der Waals surface area contributed by atoms with Crippen molar-refractivity contribution in [2.75, 3.05) is 0 Å². The molecule has 0 aliphatic rings. The molecule has 0 fully saturated rings. The van der Waals surface area contributed by atoms with Crippen LogP contribution in [-0.2, 0) is 28.8 Å². The summed E-state index contributed by atoms with van der Waals surface area (Å²) in [7, 11) is 0. The Hall–Kier alpha value is 3.26. The number of rotatable bonds is 10. The minimum Gasteiger partial charge on any atom is -1.00 e. The van der Waals surface area contributed by atoms with Gasteiger partial charge in [0, 0.05) is 49.6 Å². The number of aliphatic hydroxyl groups is 2. The van der Waals surface area contributed by atoms with Crippen molar-refractivity contribution in [3.8, 4) is 0 Å². The van der Waals surface area contributed by atoms with E-state index in [1.165, 1.54) is 0 Å². The van der Waals surface area contributed by atoms with Crippen LogP contribution in [0.5, 0.6) is 0 Å². The van der Waals surface area contributed by atoms with Crippen molar-refractivity contribution >= 4 is 225 Å². The minimum atomic E-state index is -2.97. The molecular weight excluding hydrogens is 623 g/mol. The van der Waals surface area contributed by atoms with Crippen LogP contribution in [0, 0.1) is 0 Å². The molecule has 0 aromatic carbocycles. The molecule has 2 N–H and O–H groups in total. The molecule has 0 saturated carbocycles. The molecule has 0 atom stereocenters.